The summed E-state index contributed by atoms with van der Waals surface area (Å²) in [7, 11) is 0. The highest BCUT2D eigenvalue weighted by atomic mass is 16.5. The number of nitrogens with zero attached hydrogens (tertiary/aromatic N) is 1. The first kappa shape index (κ1) is 19.6. The van der Waals surface area contributed by atoms with Crippen LogP contribution in [0.1, 0.15) is 50.5 Å². The Labute approximate surface area is 171 Å². The number of benzene rings is 2. The predicted molar refractivity (Wildman–Crippen MR) is 115 cm³/mol. The Hall–Kier alpha value is -2.66. The van der Waals surface area contributed by atoms with E-state index >= 15 is 0 Å². The standard InChI is InChI=1S/C24H29N3O2/c1-17(2)16-21(22-25-19-10-6-7-11-20(19)26-22)27-23(28)24(12-14-29-15-13-24)18-8-4-3-5-9-18/h3-11,17,21H,12-16H2,1-2H3,(H,25,26)(H,27,28). The number of rotatable bonds is 6. The number of nitrogens with one attached hydrogen (secondary N) is 2. The quantitative estimate of drug-likeness (QED) is 0.649. The molecule has 4 rings (SSSR count). The van der Waals surface area contributed by atoms with Crippen LogP contribution in [0.2, 0.25) is 0 Å². The van der Waals surface area contributed by atoms with Crippen molar-refractivity contribution in [2.24, 2.45) is 5.92 Å². The third-order valence-corrected chi connectivity index (χ3v) is 5.86. The number of ether oxygens (including phenoxy) is 1. The van der Waals surface area contributed by atoms with Gasteiger partial charge in [0.15, 0.2) is 0 Å². The molecule has 5 nitrogen and oxygen atoms in total. The van der Waals surface area contributed by atoms with Crippen molar-refractivity contribution in [2.75, 3.05) is 13.2 Å². The summed E-state index contributed by atoms with van der Waals surface area (Å²) < 4.78 is 5.59. The van der Waals surface area contributed by atoms with Gasteiger partial charge < -0.3 is 15.0 Å². The number of aromatic amines is 1. The summed E-state index contributed by atoms with van der Waals surface area (Å²) >= 11 is 0. The molecule has 1 aliphatic heterocycles. The molecule has 1 amide bonds. The van der Waals surface area contributed by atoms with Crippen LogP contribution < -0.4 is 5.32 Å². The van der Waals surface area contributed by atoms with Crippen LogP contribution in [-0.4, -0.2) is 29.1 Å². The molecule has 29 heavy (non-hydrogen) atoms. The van der Waals surface area contributed by atoms with Crippen molar-refractivity contribution in [2.45, 2.75) is 44.6 Å². The van der Waals surface area contributed by atoms with E-state index in [9.17, 15) is 4.79 Å². The summed E-state index contributed by atoms with van der Waals surface area (Å²) in [6, 6.07) is 17.9. The van der Waals surface area contributed by atoms with Gasteiger partial charge in [0, 0.05) is 13.2 Å². The molecule has 0 aliphatic carbocycles. The minimum Gasteiger partial charge on any atom is -0.381 e. The Kier molecular flexibility index (Phi) is 5.67. The molecule has 3 aromatic rings. The number of aromatic nitrogens is 2. The molecular formula is C24H29N3O2. The maximum Gasteiger partial charge on any atom is 0.231 e. The average Bonchev–Trinajstić information content (AvgIpc) is 3.18. The second-order valence-electron chi connectivity index (χ2n) is 8.36. The Bertz CT molecular complexity index is 925. The smallest absolute Gasteiger partial charge is 0.231 e. The van der Waals surface area contributed by atoms with Crippen LogP contribution in [0.3, 0.4) is 0 Å². The molecule has 1 atom stereocenters. The topological polar surface area (TPSA) is 67.0 Å². The third-order valence-electron chi connectivity index (χ3n) is 5.86. The van der Waals surface area contributed by atoms with E-state index in [2.05, 4.69) is 36.3 Å². The maximum absolute atomic E-state index is 13.7. The fraction of sp³-hybridized carbons (Fsp3) is 0.417. The molecule has 1 aliphatic rings. The Morgan fingerprint density at radius 2 is 1.79 bits per heavy atom. The molecule has 152 valence electrons. The van der Waals surface area contributed by atoms with Gasteiger partial charge in [-0.15, -0.1) is 0 Å². The van der Waals surface area contributed by atoms with Gasteiger partial charge in [0.05, 0.1) is 22.5 Å². The second-order valence-corrected chi connectivity index (χ2v) is 8.36. The van der Waals surface area contributed by atoms with Crippen LogP contribution in [0.25, 0.3) is 11.0 Å². The van der Waals surface area contributed by atoms with Crippen molar-refractivity contribution in [3.63, 3.8) is 0 Å². The number of carbonyl (C=O) groups excluding carboxylic acids is 1. The van der Waals surface area contributed by atoms with Crippen LogP contribution in [0.15, 0.2) is 54.6 Å². The van der Waals surface area contributed by atoms with Gasteiger partial charge in [0.25, 0.3) is 0 Å². The lowest BCUT2D eigenvalue weighted by Gasteiger charge is -2.37. The molecule has 5 heteroatoms. The fourth-order valence-corrected chi connectivity index (χ4v) is 4.27. The molecule has 1 aromatic heterocycles. The first-order valence-corrected chi connectivity index (χ1v) is 10.5. The number of amides is 1. The number of fused-ring (bicyclic) bond motifs is 1. The Morgan fingerprint density at radius 3 is 2.48 bits per heavy atom. The molecule has 1 fully saturated rings. The van der Waals surface area contributed by atoms with Crippen LogP contribution in [-0.2, 0) is 14.9 Å². The summed E-state index contributed by atoms with van der Waals surface area (Å²) in [4.78, 5) is 21.9. The normalized spacial score (nSPS) is 17.3. The first-order valence-electron chi connectivity index (χ1n) is 10.5. The minimum atomic E-state index is -0.555. The zero-order valence-electron chi connectivity index (χ0n) is 17.2. The van der Waals surface area contributed by atoms with E-state index in [0.29, 0.717) is 32.0 Å². The van der Waals surface area contributed by atoms with E-state index in [1.54, 1.807) is 0 Å². The van der Waals surface area contributed by atoms with Gasteiger partial charge in [0.2, 0.25) is 5.91 Å². The SMILES string of the molecule is CC(C)CC(NC(=O)C1(c2ccccc2)CCOCC1)c1nc2ccccc2[nH]1. The molecular weight excluding hydrogens is 362 g/mol. The van der Waals surface area contributed by atoms with Crippen molar-refractivity contribution in [3.05, 3.63) is 66.0 Å². The zero-order valence-corrected chi connectivity index (χ0v) is 17.2. The number of hydrogen-bond donors (Lipinski definition) is 2. The summed E-state index contributed by atoms with van der Waals surface area (Å²) in [5.41, 5.74) is 2.43. The molecule has 0 radical (unpaired) electrons. The maximum atomic E-state index is 13.7. The van der Waals surface area contributed by atoms with Crippen molar-refractivity contribution in [1.29, 1.82) is 0 Å². The van der Waals surface area contributed by atoms with Gasteiger partial charge in [-0.2, -0.15) is 0 Å². The lowest BCUT2D eigenvalue weighted by atomic mass is 9.73. The molecule has 2 heterocycles. The van der Waals surface area contributed by atoms with Gasteiger partial charge in [-0.05, 0) is 42.9 Å². The summed E-state index contributed by atoms with van der Waals surface area (Å²) in [5.74, 6) is 1.32. The summed E-state index contributed by atoms with van der Waals surface area (Å²) in [5, 5.41) is 3.35. The predicted octanol–water partition coefficient (Wildman–Crippen LogP) is 4.51. The number of H-pyrrole nitrogens is 1. The molecule has 0 saturated carbocycles. The van der Waals surface area contributed by atoms with E-state index in [1.165, 1.54) is 0 Å². The summed E-state index contributed by atoms with van der Waals surface area (Å²) in [6.45, 7) is 5.54. The van der Waals surface area contributed by atoms with Crippen LogP contribution in [0, 0.1) is 5.92 Å². The molecule has 0 spiro atoms. The van der Waals surface area contributed by atoms with E-state index in [4.69, 9.17) is 9.72 Å². The van der Waals surface area contributed by atoms with Gasteiger partial charge in [-0.3, -0.25) is 4.79 Å². The van der Waals surface area contributed by atoms with E-state index < -0.39 is 5.41 Å². The van der Waals surface area contributed by atoms with E-state index in [1.807, 2.05) is 42.5 Å². The van der Waals surface area contributed by atoms with Crippen LogP contribution in [0.4, 0.5) is 0 Å². The number of carbonyl (C=O) groups is 1. The average molecular weight is 392 g/mol. The van der Waals surface area contributed by atoms with Gasteiger partial charge >= 0.3 is 0 Å². The summed E-state index contributed by atoms with van der Waals surface area (Å²) in [6.07, 6.45) is 2.21. The zero-order chi connectivity index (χ0) is 20.3. The number of para-hydroxylation sites is 2. The highest BCUT2D eigenvalue weighted by molar-refractivity contribution is 5.88. The van der Waals surface area contributed by atoms with Crippen molar-refractivity contribution < 1.29 is 9.53 Å². The van der Waals surface area contributed by atoms with Crippen molar-refractivity contribution >= 4 is 16.9 Å². The highest BCUT2D eigenvalue weighted by Gasteiger charge is 2.42. The van der Waals surface area contributed by atoms with Crippen molar-refractivity contribution in [1.82, 2.24) is 15.3 Å². The van der Waals surface area contributed by atoms with E-state index in [0.717, 1.165) is 28.8 Å². The lowest BCUT2D eigenvalue weighted by molar-refractivity contribution is -0.131. The molecule has 0 bridgehead atoms. The van der Waals surface area contributed by atoms with Crippen LogP contribution in [0.5, 0.6) is 0 Å². The lowest BCUT2D eigenvalue weighted by Crippen LogP contribution is -2.49. The molecule has 1 unspecified atom stereocenters. The fourth-order valence-electron chi connectivity index (χ4n) is 4.27. The van der Waals surface area contributed by atoms with Gasteiger partial charge in [0.1, 0.15) is 5.82 Å². The molecule has 2 aromatic carbocycles. The molecule has 2 N–H and O–H groups in total. The monoisotopic (exact) mass is 391 g/mol. The first-order chi connectivity index (χ1) is 14.1. The number of imidazole rings is 1. The van der Waals surface area contributed by atoms with E-state index in [-0.39, 0.29) is 11.9 Å². The third kappa shape index (κ3) is 4.06. The highest BCUT2D eigenvalue weighted by Crippen LogP contribution is 2.36. The van der Waals surface area contributed by atoms with Crippen molar-refractivity contribution in [3.8, 4) is 0 Å². The largest absolute Gasteiger partial charge is 0.381 e. The Morgan fingerprint density at radius 1 is 1.10 bits per heavy atom. The molecule has 1 saturated heterocycles. The minimum absolute atomic E-state index is 0.0677. The van der Waals surface area contributed by atoms with Crippen LogP contribution >= 0.6 is 0 Å². The van der Waals surface area contributed by atoms with Gasteiger partial charge in [-0.25, -0.2) is 4.98 Å². The Balaban J connectivity index is 1.65. The van der Waals surface area contributed by atoms with Gasteiger partial charge in [-0.1, -0.05) is 56.3 Å². The number of hydrogen-bond acceptors (Lipinski definition) is 3. The second kappa shape index (κ2) is 8.37.